The fourth-order valence-corrected chi connectivity index (χ4v) is 6.45. The number of halogens is 1. The Morgan fingerprint density at radius 3 is 2.53 bits per heavy atom. The van der Waals surface area contributed by atoms with Gasteiger partial charge in [0, 0.05) is 34.4 Å². The lowest BCUT2D eigenvalue weighted by Crippen LogP contribution is -2.68. The van der Waals surface area contributed by atoms with Crippen LogP contribution in [0.2, 0.25) is 5.02 Å². The molecule has 5 nitrogen and oxygen atoms in total. The molecule has 1 N–H and O–H groups in total. The number of amides is 2. The number of carbonyl (C=O) groups is 2. The Bertz CT molecular complexity index is 1240. The number of piperazine rings is 1. The molecule has 2 fully saturated rings. The van der Waals surface area contributed by atoms with Crippen molar-refractivity contribution in [3.8, 4) is 0 Å². The van der Waals surface area contributed by atoms with Crippen molar-refractivity contribution in [2.75, 3.05) is 13.1 Å². The monoisotopic (exact) mass is 447 g/mol. The number of H-pyrrole nitrogens is 1. The molecule has 32 heavy (non-hydrogen) atoms. The average Bonchev–Trinajstić information content (AvgIpc) is 3.46. The lowest BCUT2D eigenvalue weighted by molar-refractivity contribution is -0.168. The molecular weight excluding hydrogens is 422 g/mol. The highest BCUT2D eigenvalue weighted by atomic mass is 35.5. The molecule has 2 atom stereocenters. The molecule has 0 bridgehead atoms. The first-order valence-electron chi connectivity index (χ1n) is 11.5. The van der Waals surface area contributed by atoms with E-state index in [0.29, 0.717) is 11.6 Å². The third kappa shape index (κ3) is 2.64. The van der Waals surface area contributed by atoms with Crippen LogP contribution in [0.15, 0.2) is 48.5 Å². The maximum Gasteiger partial charge on any atom is 0.255 e. The van der Waals surface area contributed by atoms with Gasteiger partial charge in [0.15, 0.2) is 5.54 Å². The number of aromatic amines is 1. The van der Waals surface area contributed by atoms with E-state index in [0.717, 1.165) is 53.4 Å². The molecule has 2 aliphatic heterocycles. The van der Waals surface area contributed by atoms with Gasteiger partial charge in [0.2, 0.25) is 5.91 Å². The van der Waals surface area contributed by atoms with Crippen LogP contribution in [-0.4, -0.2) is 45.7 Å². The molecule has 3 heterocycles. The minimum absolute atomic E-state index is 0.0142. The first-order valence-corrected chi connectivity index (χ1v) is 11.8. The van der Waals surface area contributed by atoms with Crippen molar-refractivity contribution in [1.82, 2.24) is 14.8 Å². The average molecular weight is 448 g/mol. The summed E-state index contributed by atoms with van der Waals surface area (Å²) in [6, 6.07) is 16.1. The fraction of sp³-hybridized carbons (Fsp3) is 0.385. The number of benzene rings is 2. The maximum atomic E-state index is 14.0. The van der Waals surface area contributed by atoms with Crippen molar-refractivity contribution in [3.05, 3.63) is 70.4 Å². The summed E-state index contributed by atoms with van der Waals surface area (Å²) in [7, 11) is 0. The van der Waals surface area contributed by atoms with Gasteiger partial charge in [-0.05, 0) is 43.0 Å². The first kappa shape index (κ1) is 19.9. The van der Waals surface area contributed by atoms with Gasteiger partial charge in [0.1, 0.15) is 6.54 Å². The summed E-state index contributed by atoms with van der Waals surface area (Å²) < 4.78 is 0. The van der Waals surface area contributed by atoms with Crippen LogP contribution in [0.5, 0.6) is 0 Å². The number of rotatable bonds is 2. The van der Waals surface area contributed by atoms with Gasteiger partial charge >= 0.3 is 0 Å². The summed E-state index contributed by atoms with van der Waals surface area (Å²) in [6.45, 7) is 2.54. The number of para-hydroxylation sites is 1. The fourth-order valence-electron chi connectivity index (χ4n) is 6.18. The van der Waals surface area contributed by atoms with Gasteiger partial charge in [0.05, 0.1) is 5.69 Å². The molecule has 3 aromatic rings. The lowest BCUT2D eigenvalue weighted by atomic mass is 9.76. The Kier molecular flexibility index (Phi) is 4.41. The zero-order valence-corrected chi connectivity index (χ0v) is 18.9. The molecule has 1 aliphatic carbocycles. The van der Waals surface area contributed by atoms with E-state index in [-0.39, 0.29) is 30.3 Å². The van der Waals surface area contributed by atoms with E-state index < -0.39 is 5.54 Å². The van der Waals surface area contributed by atoms with E-state index >= 15 is 0 Å². The third-order valence-corrected chi connectivity index (χ3v) is 8.16. The van der Waals surface area contributed by atoms with Crippen LogP contribution in [-0.2, 0) is 15.1 Å². The van der Waals surface area contributed by atoms with E-state index in [2.05, 4.69) is 11.1 Å². The van der Waals surface area contributed by atoms with Crippen molar-refractivity contribution in [3.63, 3.8) is 0 Å². The minimum Gasteiger partial charge on any atom is -0.356 e. The molecule has 6 rings (SSSR count). The molecule has 2 amide bonds. The Morgan fingerprint density at radius 2 is 1.75 bits per heavy atom. The Labute approximate surface area is 192 Å². The van der Waals surface area contributed by atoms with Crippen LogP contribution in [0.4, 0.5) is 0 Å². The van der Waals surface area contributed by atoms with Crippen molar-refractivity contribution < 1.29 is 9.59 Å². The molecule has 0 unspecified atom stereocenters. The minimum atomic E-state index is -1.04. The SMILES string of the molecule is C[C@]12C(=O)N(C3CCCC3)CC(=O)N1C[C@@H](c1ccccc1Cl)c1c2[nH]c2ccccc12. The van der Waals surface area contributed by atoms with Gasteiger partial charge in [-0.15, -0.1) is 0 Å². The molecule has 164 valence electrons. The molecule has 0 radical (unpaired) electrons. The molecule has 0 spiro atoms. The standard InChI is InChI=1S/C26H26ClN3O2/c1-26-24-23(18-11-5-7-13-21(18)28-24)19(17-10-4-6-12-20(17)27)14-30(26)22(31)15-29(25(26)32)16-8-2-3-9-16/h4-7,10-13,16,19,28H,2-3,8-9,14-15H2,1H3/t19-,26-/m0/s1. The molecular formula is C26H26ClN3O2. The second-order valence-electron chi connectivity index (χ2n) is 9.48. The number of fused-ring (bicyclic) bond motifs is 5. The Hall–Kier alpha value is -2.79. The summed E-state index contributed by atoms with van der Waals surface area (Å²) in [5, 5.41) is 1.77. The second-order valence-corrected chi connectivity index (χ2v) is 9.89. The predicted molar refractivity (Wildman–Crippen MR) is 125 cm³/mol. The molecule has 2 aromatic carbocycles. The van der Waals surface area contributed by atoms with Crippen LogP contribution in [0, 0.1) is 0 Å². The van der Waals surface area contributed by atoms with Gasteiger partial charge in [-0.3, -0.25) is 9.59 Å². The molecule has 1 saturated carbocycles. The van der Waals surface area contributed by atoms with Gasteiger partial charge in [0.25, 0.3) is 5.91 Å². The first-order chi connectivity index (χ1) is 15.5. The molecule has 1 aromatic heterocycles. The normalized spacial score (nSPS) is 26.0. The highest BCUT2D eigenvalue weighted by Gasteiger charge is 2.57. The summed E-state index contributed by atoms with van der Waals surface area (Å²) >= 11 is 6.64. The van der Waals surface area contributed by atoms with Crippen molar-refractivity contribution in [1.29, 1.82) is 0 Å². The molecule has 1 saturated heterocycles. The summed E-state index contributed by atoms with van der Waals surface area (Å²) in [6.07, 6.45) is 4.21. The Balaban J connectivity index is 1.58. The zero-order chi connectivity index (χ0) is 22.0. The Morgan fingerprint density at radius 1 is 1.03 bits per heavy atom. The van der Waals surface area contributed by atoms with Gasteiger partial charge in [-0.25, -0.2) is 0 Å². The predicted octanol–water partition coefficient (Wildman–Crippen LogP) is 4.80. The van der Waals surface area contributed by atoms with E-state index in [1.54, 1.807) is 4.90 Å². The van der Waals surface area contributed by atoms with Gasteiger partial charge in [-0.2, -0.15) is 0 Å². The van der Waals surface area contributed by atoms with Crippen LogP contribution in [0.3, 0.4) is 0 Å². The zero-order valence-electron chi connectivity index (χ0n) is 18.1. The summed E-state index contributed by atoms with van der Waals surface area (Å²) in [5.41, 5.74) is 2.85. The number of nitrogens with zero attached hydrogens (tertiary/aromatic N) is 2. The quantitative estimate of drug-likeness (QED) is 0.613. The van der Waals surface area contributed by atoms with Crippen molar-refractivity contribution in [2.24, 2.45) is 0 Å². The van der Waals surface area contributed by atoms with Crippen LogP contribution < -0.4 is 0 Å². The van der Waals surface area contributed by atoms with Crippen LogP contribution in [0.25, 0.3) is 10.9 Å². The lowest BCUT2D eigenvalue weighted by Gasteiger charge is -2.52. The number of carbonyl (C=O) groups excluding carboxylic acids is 2. The third-order valence-electron chi connectivity index (χ3n) is 7.82. The number of hydrogen-bond acceptors (Lipinski definition) is 2. The van der Waals surface area contributed by atoms with Crippen LogP contribution in [0.1, 0.15) is 55.3 Å². The smallest absolute Gasteiger partial charge is 0.255 e. The highest BCUT2D eigenvalue weighted by molar-refractivity contribution is 6.31. The van der Waals surface area contributed by atoms with Crippen molar-refractivity contribution >= 4 is 34.3 Å². The highest BCUT2D eigenvalue weighted by Crippen LogP contribution is 2.49. The molecule has 3 aliphatic rings. The van der Waals surface area contributed by atoms with Gasteiger partial charge < -0.3 is 14.8 Å². The largest absolute Gasteiger partial charge is 0.356 e. The molecule has 6 heteroatoms. The maximum absolute atomic E-state index is 14.0. The number of hydrogen-bond donors (Lipinski definition) is 1. The summed E-state index contributed by atoms with van der Waals surface area (Å²) in [5.74, 6) is -0.0486. The van der Waals surface area contributed by atoms with E-state index in [1.165, 1.54) is 0 Å². The van der Waals surface area contributed by atoms with Crippen molar-refractivity contribution in [2.45, 2.75) is 50.1 Å². The summed E-state index contributed by atoms with van der Waals surface area (Å²) in [4.78, 5) is 34.8. The van der Waals surface area contributed by atoms with Gasteiger partial charge in [-0.1, -0.05) is 60.8 Å². The second kappa shape index (κ2) is 7.11. The number of nitrogens with one attached hydrogen (secondary N) is 1. The number of aromatic nitrogens is 1. The topological polar surface area (TPSA) is 56.4 Å². The van der Waals surface area contributed by atoms with E-state index in [4.69, 9.17) is 11.6 Å². The van der Waals surface area contributed by atoms with E-state index in [9.17, 15) is 9.59 Å². The van der Waals surface area contributed by atoms with Crippen LogP contribution >= 0.6 is 11.6 Å². The van der Waals surface area contributed by atoms with E-state index in [1.807, 2.05) is 54.3 Å².